The summed E-state index contributed by atoms with van der Waals surface area (Å²) in [6, 6.07) is 0. The average molecular weight is 255 g/mol. The van der Waals surface area contributed by atoms with Crippen LogP contribution in [0.15, 0.2) is 0 Å². The highest BCUT2D eigenvalue weighted by molar-refractivity contribution is 5.74. The number of nitrogens with zero attached hydrogens (tertiary/aromatic N) is 5. The number of carboxylic acids is 1. The van der Waals surface area contributed by atoms with Gasteiger partial charge in [-0.1, -0.05) is 13.8 Å². The van der Waals surface area contributed by atoms with Gasteiger partial charge >= 0.3 is 5.97 Å². The first-order valence-corrected chi connectivity index (χ1v) is 6.08. The number of hydrogen-bond donors (Lipinski definition) is 1. The first kappa shape index (κ1) is 14.6. The van der Waals surface area contributed by atoms with Crippen molar-refractivity contribution in [3.63, 3.8) is 0 Å². The van der Waals surface area contributed by atoms with Gasteiger partial charge in [-0.15, -0.1) is 5.10 Å². The van der Waals surface area contributed by atoms with Gasteiger partial charge in [-0.2, -0.15) is 0 Å². The number of carboxylic acid groups (broad SMARTS) is 1. The quantitative estimate of drug-likeness (QED) is 0.769. The summed E-state index contributed by atoms with van der Waals surface area (Å²) in [6.07, 6.45) is 1.11. The van der Waals surface area contributed by atoms with Crippen molar-refractivity contribution in [2.75, 3.05) is 14.1 Å². The summed E-state index contributed by atoms with van der Waals surface area (Å²) < 4.78 is 1.60. The highest BCUT2D eigenvalue weighted by atomic mass is 16.4. The number of rotatable bonds is 7. The summed E-state index contributed by atoms with van der Waals surface area (Å²) in [4.78, 5) is 13.4. The van der Waals surface area contributed by atoms with Crippen LogP contribution in [0.3, 0.4) is 0 Å². The third-order valence-corrected chi connectivity index (χ3v) is 3.32. The van der Waals surface area contributed by atoms with Crippen molar-refractivity contribution in [1.82, 2.24) is 25.1 Å². The molecule has 18 heavy (non-hydrogen) atoms. The fourth-order valence-electron chi connectivity index (χ4n) is 1.87. The minimum absolute atomic E-state index is 0.311. The predicted octanol–water partition coefficient (Wildman–Crippen LogP) is 0.626. The third kappa shape index (κ3) is 3.04. The van der Waals surface area contributed by atoms with Crippen molar-refractivity contribution in [2.24, 2.45) is 5.41 Å². The smallest absolute Gasteiger partial charge is 0.311 e. The van der Waals surface area contributed by atoms with E-state index >= 15 is 0 Å². The maximum absolute atomic E-state index is 11.5. The van der Waals surface area contributed by atoms with E-state index in [4.69, 9.17) is 0 Å². The van der Waals surface area contributed by atoms with E-state index in [1.54, 1.807) is 4.68 Å². The normalized spacial score (nSPS) is 12.1. The van der Waals surface area contributed by atoms with Gasteiger partial charge in [0.05, 0.1) is 18.5 Å². The van der Waals surface area contributed by atoms with Crippen LogP contribution >= 0.6 is 0 Å². The Kier molecular flexibility index (Phi) is 4.77. The van der Waals surface area contributed by atoms with Gasteiger partial charge in [0.1, 0.15) is 0 Å². The van der Waals surface area contributed by atoms with Gasteiger partial charge < -0.3 is 10.0 Å². The van der Waals surface area contributed by atoms with E-state index in [1.165, 1.54) is 0 Å². The number of hydrogen-bond acceptors (Lipinski definition) is 5. The number of aliphatic carboxylic acids is 1. The lowest BCUT2D eigenvalue weighted by atomic mass is 9.82. The molecule has 0 atom stereocenters. The summed E-state index contributed by atoms with van der Waals surface area (Å²) >= 11 is 0. The van der Waals surface area contributed by atoms with Crippen LogP contribution in [0, 0.1) is 5.41 Å². The van der Waals surface area contributed by atoms with Crippen molar-refractivity contribution < 1.29 is 9.90 Å². The molecule has 1 aromatic rings. The molecule has 0 saturated carbocycles. The van der Waals surface area contributed by atoms with E-state index < -0.39 is 11.4 Å². The van der Waals surface area contributed by atoms with Crippen LogP contribution < -0.4 is 0 Å². The monoisotopic (exact) mass is 255 g/mol. The van der Waals surface area contributed by atoms with Crippen molar-refractivity contribution in [3.05, 3.63) is 5.82 Å². The molecular formula is C11H21N5O2. The second kappa shape index (κ2) is 5.90. The zero-order valence-corrected chi connectivity index (χ0v) is 11.4. The van der Waals surface area contributed by atoms with Gasteiger partial charge in [-0.25, -0.2) is 4.68 Å². The second-order valence-corrected chi connectivity index (χ2v) is 4.78. The number of carbonyl (C=O) groups is 1. The van der Waals surface area contributed by atoms with Gasteiger partial charge in [-0.3, -0.25) is 4.79 Å². The summed E-state index contributed by atoms with van der Waals surface area (Å²) in [7, 11) is 3.84. The van der Waals surface area contributed by atoms with Gasteiger partial charge in [0.15, 0.2) is 5.82 Å². The molecule has 1 heterocycles. The maximum atomic E-state index is 11.5. The predicted molar refractivity (Wildman–Crippen MR) is 65.9 cm³/mol. The lowest BCUT2D eigenvalue weighted by Gasteiger charge is -2.26. The molecule has 0 unspecified atom stereocenters. The Morgan fingerprint density at radius 2 is 2.00 bits per heavy atom. The van der Waals surface area contributed by atoms with Crippen LogP contribution in [0.5, 0.6) is 0 Å². The molecule has 7 heteroatoms. The molecule has 102 valence electrons. The van der Waals surface area contributed by atoms with E-state index in [0.29, 0.717) is 31.8 Å². The molecule has 0 aromatic carbocycles. The maximum Gasteiger partial charge on any atom is 0.311 e. The van der Waals surface area contributed by atoms with Crippen LogP contribution in [-0.2, 0) is 17.9 Å². The van der Waals surface area contributed by atoms with Crippen molar-refractivity contribution in [3.8, 4) is 0 Å². The molecule has 0 aliphatic rings. The van der Waals surface area contributed by atoms with Gasteiger partial charge in [0, 0.05) is 0 Å². The largest absolute Gasteiger partial charge is 0.481 e. The molecule has 1 N–H and O–H groups in total. The van der Waals surface area contributed by atoms with Crippen LogP contribution in [0.4, 0.5) is 0 Å². The first-order chi connectivity index (χ1) is 8.45. The Balaban J connectivity index is 2.94. The topological polar surface area (TPSA) is 84.1 Å². The van der Waals surface area contributed by atoms with E-state index in [9.17, 15) is 9.90 Å². The van der Waals surface area contributed by atoms with E-state index in [2.05, 4.69) is 15.5 Å². The molecule has 7 nitrogen and oxygen atoms in total. The minimum atomic E-state index is -0.795. The van der Waals surface area contributed by atoms with Crippen molar-refractivity contribution in [2.45, 2.75) is 39.8 Å². The number of aromatic nitrogens is 4. The molecular weight excluding hydrogens is 234 g/mol. The number of tetrazole rings is 1. The highest BCUT2D eigenvalue weighted by Gasteiger charge is 2.36. The molecule has 0 aliphatic heterocycles. The first-order valence-electron chi connectivity index (χ1n) is 6.08. The Labute approximate surface area is 107 Å². The molecule has 1 rings (SSSR count). The van der Waals surface area contributed by atoms with Crippen LogP contribution in [-0.4, -0.2) is 50.3 Å². The molecule has 1 aromatic heterocycles. The highest BCUT2D eigenvalue weighted by Crippen LogP contribution is 2.29. The fourth-order valence-corrected chi connectivity index (χ4v) is 1.87. The minimum Gasteiger partial charge on any atom is -0.481 e. The Morgan fingerprint density at radius 1 is 1.39 bits per heavy atom. The van der Waals surface area contributed by atoms with Crippen molar-refractivity contribution in [1.29, 1.82) is 0 Å². The average Bonchev–Trinajstić information content (AvgIpc) is 2.72. The summed E-state index contributed by atoms with van der Waals surface area (Å²) in [5, 5.41) is 20.9. The van der Waals surface area contributed by atoms with Crippen LogP contribution in [0.1, 0.15) is 32.5 Å². The molecule has 0 amide bonds. The standard InChI is InChI=1S/C11H21N5O2/c1-5-11(6-2,10(17)18)8-16-9(7-15(3)4)12-13-14-16/h5-8H2,1-4H3,(H,17,18). The van der Waals surface area contributed by atoms with E-state index in [0.717, 1.165) is 0 Å². The van der Waals surface area contributed by atoms with Gasteiger partial charge in [0.25, 0.3) is 0 Å². The Hall–Kier alpha value is -1.50. The molecule has 0 aliphatic carbocycles. The van der Waals surface area contributed by atoms with E-state index in [1.807, 2.05) is 32.8 Å². The summed E-state index contributed by atoms with van der Waals surface area (Å²) in [5.41, 5.74) is -0.795. The molecule has 0 bridgehead atoms. The third-order valence-electron chi connectivity index (χ3n) is 3.32. The van der Waals surface area contributed by atoms with Gasteiger partial charge in [-0.05, 0) is 37.4 Å². The fraction of sp³-hybridized carbons (Fsp3) is 0.818. The molecule has 0 fully saturated rings. The Morgan fingerprint density at radius 3 is 2.44 bits per heavy atom. The van der Waals surface area contributed by atoms with Gasteiger partial charge in [0.2, 0.25) is 0 Å². The van der Waals surface area contributed by atoms with E-state index in [-0.39, 0.29) is 0 Å². The lowest BCUT2D eigenvalue weighted by molar-refractivity contribution is -0.150. The SMILES string of the molecule is CCC(CC)(Cn1nnnc1CN(C)C)C(=O)O. The molecule has 0 spiro atoms. The lowest BCUT2D eigenvalue weighted by Crippen LogP contribution is -2.35. The van der Waals surface area contributed by atoms with Crippen molar-refractivity contribution >= 4 is 5.97 Å². The van der Waals surface area contributed by atoms with Crippen LogP contribution in [0.2, 0.25) is 0 Å². The summed E-state index contributed by atoms with van der Waals surface area (Å²) in [6.45, 7) is 4.67. The Bertz CT molecular complexity index is 398. The van der Waals surface area contributed by atoms with Crippen LogP contribution in [0.25, 0.3) is 0 Å². The zero-order chi connectivity index (χ0) is 13.8. The molecule has 0 radical (unpaired) electrons. The summed E-state index contributed by atoms with van der Waals surface area (Å²) in [5.74, 6) is -0.105. The second-order valence-electron chi connectivity index (χ2n) is 4.78. The zero-order valence-electron chi connectivity index (χ0n) is 11.4. The molecule has 0 saturated heterocycles.